The van der Waals surface area contributed by atoms with Gasteiger partial charge in [-0.3, -0.25) is 4.90 Å². The van der Waals surface area contributed by atoms with E-state index in [1.807, 2.05) is 0 Å². The van der Waals surface area contributed by atoms with Crippen molar-refractivity contribution in [3.8, 4) is 0 Å². The van der Waals surface area contributed by atoms with Crippen LogP contribution >= 0.6 is 0 Å². The van der Waals surface area contributed by atoms with E-state index < -0.39 is 0 Å². The highest BCUT2D eigenvalue weighted by atomic mass is 15.1. The number of benzene rings is 1. The molecule has 0 N–H and O–H groups in total. The summed E-state index contributed by atoms with van der Waals surface area (Å²) in [5, 5.41) is 0. The maximum absolute atomic E-state index is 3.25. The van der Waals surface area contributed by atoms with Crippen LogP contribution in [0.3, 0.4) is 0 Å². The second kappa shape index (κ2) is 8.81. The predicted molar refractivity (Wildman–Crippen MR) is 75.0 cm³/mol. The monoisotopic (exact) mass is 229 g/mol. The molecule has 0 fully saturated rings. The highest BCUT2D eigenvalue weighted by Crippen LogP contribution is 2.02. The zero-order valence-electron chi connectivity index (χ0n) is 11.0. The summed E-state index contributed by atoms with van der Waals surface area (Å²) < 4.78 is 0. The largest absolute Gasteiger partial charge is 0.298 e. The van der Waals surface area contributed by atoms with Gasteiger partial charge in [-0.25, -0.2) is 0 Å². The van der Waals surface area contributed by atoms with Crippen LogP contribution in [0.4, 0.5) is 0 Å². The Balaban J connectivity index is 2.26. The molecule has 0 aliphatic rings. The maximum atomic E-state index is 3.25. The van der Waals surface area contributed by atoms with Gasteiger partial charge in [0.25, 0.3) is 0 Å². The summed E-state index contributed by atoms with van der Waals surface area (Å²) in [6, 6.07) is 10.6. The second-order valence-corrected chi connectivity index (χ2v) is 4.40. The molecule has 0 aromatic heterocycles. The number of hydrogen-bond donors (Lipinski definition) is 0. The number of likely N-dealkylation sites (N-methyl/N-ethyl adjacent to an activating group) is 1. The highest BCUT2D eigenvalue weighted by Gasteiger charge is 1.96. The highest BCUT2D eigenvalue weighted by molar-refractivity contribution is 5.14. The van der Waals surface area contributed by atoms with Gasteiger partial charge in [0.2, 0.25) is 0 Å². The lowest BCUT2D eigenvalue weighted by atomic mass is 10.2. The number of rotatable bonds is 7. The topological polar surface area (TPSA) is 3.24 Å². The van der Waals surface area contributed by atoms with Gasteiger partial charge in [-0.05, 0) is 37.6 Å². The van der Waals surface area contributed by atoms with E-state index >= 15 is 0 Å². The quantitative estimate of drug-likeness (QED) is 0.504. The minimum Gasteiger partial charge on any atom is -0.298 e. The van der Waals surface area contributed by atoms with Crippen LogP contribution in [0.2, 0.25) is 0 Å². The van der Waals surface area contributed by atoms with Crippen LogP contribution in [0.15, 0.2) is 48.2 Å². The maximum Gasteiger partial charge on any atom is 0.0238 e. The second-order valence-electron chi connectivity index (χ2n) is 4.40. The van der Waals surface area contributed by atoms with Crippen molar-refractivity contribution in [1.29, 1.82) is 0 Å². The molecular formula is C16H23N. The summed E-state index contributed by atoms with van der Waals surface area (Å²) in [6.07, 6.45) is 7.92. The van der Waals surface area contributed by atoms with Crippen molar-refractivity contribution in [2.45, 2.75) is 32.7 Å². The molecule has 0 bridgehead atoms. The van der Waals surface area contributed by atoms with Crippen LogP contribution in [-0.4, -0.2) is 18.5 Å². The summed E-state index contributed by atoms with van der Waals surface area (Å²) in [5.74, 6) is 0. The van der Waals surface area contributed by atoms with Crippen molar-refractivity contribution in [3.05, 3.63) is 53.8 Å². The van der Waals surface area contributed by atoms with Gasteiger partial charge in [-0.2, -0.15) is 0 Å². The molecule has 17 heavy (non-hydrogen) atoms. The standard InChI is InChI=1S/C16H23N/c1-3-4-5-6-7-11-14-17(2)15-16-12-9-8-10-13-16/h6,8-13H,3-5,14-15H2,1-2H3. The Hall–Kier alpha value is -1.30. The minimum absolute atomic E-state index is 0.956. The van der Waals surface area contributed by atoms with E-state index in [1.165, 1.54) is 18.4 Å². The number of unbranched alkanes of at least 4 members (excludes halogenated alkanes) is 2. The molecule has 1 nitrogen and oxygen atoms in total. The van der Waals surface area contributed by atoms with Crippen LogP contribution in [0.1, 0.15) is 31.7 Å². The fraction of sp³-hybridized carbons (Fsp3) is 0.438. The van der Waals surface area contributed by atoms with E-state index in [2.05, 4.69) is 67.1 Å². The van der Waals surface area contributed by atoms with E-state index in [4.69, 9.17) is 0 Å². The van der Waals surface area contributed by atoms with Gasteiger partial charge in [0.15, 0.2) is 0 Å². The molecule has 0 amide bonds. The average molecular weight is 229 g/mol. The SMILES string of the molecule is CCCCC=C=CCN(C)Cc1ccccc1. The van der Waals surface area contributed by atoms with Crippen molar-refractivity contribution in [1.82, 2.24) is 4.90 Å². The van der Waals surface area contributed by atoms with Gasteiger partial charge in [-0.15, -0.1) is 5.73 Å². The molecule has 0 saturated heterocycles. The zero-order chi connectivity index (χ0) is 12.3. The molecule has 1 rings (SSSR count). The fourth-order valence-electron chi connectivity index (χ4n) is 1.64. The summed E-state index contributed by atoms with van der Waals surface area (Å²) >= 11 is 0. The Bertz CT molecular complexity index is 347. The molecule has 1 aromatic carbocycles. The first-order chi connectivity index (χ1) is 8.33. The van der Waals surface area contributed by atoms with E-state index in [9.17, 15) is 0 Å². The van der Waals surface area contributed by atoms with Crippen LogP contribution in [0, 0.1) is 0 Å². The van der Waals surface area contributed by atoms with Crippen LogP contribution in [0.5, 0.6) is 0 Å². The molecule has 1 heteroatoms. The first-order valence-corrected chi connectivity index (χ1v) is 6.44. The first kappa shape index (κ1) is 13.8. The third-order valence-electron chi connectivity index (χ3n) is 2.64. The lowest BCUT2D eigenvalue weighted by Gasteiger charge is -2.13. The lowest BCUT2D eigenvalue weighted by Crippen LogP contribution is -2.17. The first-order valence-electron chi connectivity index (χ1n) is 6.44. The molecular weight excluding hydrogens is 206 g/mol. The molecule has 0 radical (unpaired) electrons. The summed E-state index contributed by atoms with van der Waals surface area (Å²) in [7, 11) is 2.14. The minimum atomic E-state index is 0.956. The Morgan fingerprint density at radius 3 is 2.65 bits per heavy atom. The van der Waals surface area contributed by atoms with Gasteiger partial charge in [0.05, 0.1) is 0 Å². The molecule has 0 spiro atoms. The van der Waals surface area contributed by atoms with E-state index in [1.54, 1.807) is 0 Å². The van der Waals surface area contributed by atoms with Crippen molar-refractivity contribution < 1.29 is 0 Å². The molecule has 0 heterocycles. The molecule has 92 valence electrons. The molecule has 0 aliphatic carbocycles. The van der Waals surface area contributed by atoms with Gasteiger partial charge in [0.1, 0.15) is 0 Å². The van der Waals surface area contributed by atoms with Crippen molar-refractivity contribution in [3.63, 3.8) is 0 Å². The van der Waals surface area contributed by atoms with E-state index in [0.717, 1.165) is 19.5 Å². The molecule has 0 unspecified atom stereocenters. The van der Waals surface area contributed by atoms with Crippen LogP contribution in [0.25, 0.3) is 0 Å². The third kappa shape index (κ3) is 6.78. The van der Waals surface area contributed by atoms with Crippen molar-refractivity contribution in [2.24, 2.45) is 0 Å². The zero-order valence-corrected chi connectivity index (χ0v) is 11.0. The van der Waals surface area contributed by atoms with Crippen LogP contribution in [-0.2, 0) is 6.54 Å². The lowest BCUT2D eigenvalue weighted by molar-refractivity contribution is 0.363. The Morgan fingerprint density at radius 1 is 1.18 bits per heavy atom. The summed E-state index contributed by atoms with van der Waals surface area (Å²) in [6.45, 7) is 4.16. The van der Waals surface area contributed by atoms with E-state index in [0.29, 0.717) is 0 Å². The van der Waals surface area contributed by atoms with Crippen LogP contribution < -0.4 is 0 Å². The third-order valence-corrected chi connectivity index (χ3v) is 2.64. The normalized spacial score (nSPS) is 10.1. The predicted octanol–water partition coefficient (Wildman–Crippen LogP) is 4.02. The summed E-state index contributed by atoms with van der Waals surface area (Å²) in [5.41, 5.74) is 4.60. The summed E-state index contributed by atoms with van der Waals surface area (Å²) in [4.78, 5) is 2.29. The van der Waals surface area contributed by atoms with Crippen molar-refractivity contribution >= 4 is 0 Å². The Labute approximate surface area is 105 Å². The molecule has 0 saturated carbocycles. The Morgan fingerprint density at radius 2 is 1.94 bits per heavy atom. The average Bonchev–Trinajstić information content (AvgIpc) is 2.35. The number of nitrogens with zero attached hydrogens (tertiary/aromatic N) is 1. The number of hydrogen-bond acceptors (Lipinski definition) is 1. The smallest absolute Gasteiger partial charge is 0.0238 e. The Kier molecular flexibility index (Phi) is 7.13. The van der Waals surface area contributed by atoms with Gasteiger partial charge in [-0.1, -0.05) is 43.7 Å². The molecule has 1 aromatic rings. The molecule has 0 aliphatic heterocycles. The molecule has 0 atom stereocenters. The van der Waals surface area contributed by atoms with Gasteiger partial charge >= 0.3 is 0 Å². The van der Waals surface area contributed by atoms with E-state index in [-0.39, 0.29) is 0 Å². The van der Waals surface area contributed by atoms with Gasteiger partial charge in [0, 0.05) is 13.1 Å². The fourth-order valence-corrected chi connectivity index (χ4v) is 1.64. The van der Waals surface area contributed by atoms with Gasteiger partial charge < -0.3 is 0 Å². The van der Waals surface area contributed by atoms with Crippen molar-refractivity contribution in [2.75, 3.05) is 13.6 Å².